The number of amides is 3. The number of hydrogen-bond acceptors (Lipinski definition) is 8. The number of fused-ring (bicyclic) bond motifs is 1. The van der Waals surface area contributed by atoms with Gasteiger partial charge in [-0.1, -0.05) is 72.8 Å². The molecule has 11 heteroatoms. The number of anilines is 2. The summed E-state index contributed by atoms with van der Waals surface area (Å²) < 4.78 is 12.4. The Morgan fingerprint density at radius 3 is 2.27 bits per heavy atom. The molecule has 0 saturated carbocycles. The van der Waals surface area contributed by atoms with Crippen LogP contribution in [-0.4, -0.2) is 90.3 Å². The van der Waals surface area contributed by atoms with Crippen LogP contribution in [0.25, 0.3) is 0 Å². The number of esters is 1. The number of hydrogen-bond donors (Lipinski definition) is 2. The number of carbonyl (C=O) groups is 4. The minimum absolute atomic E-state index is 0.103. The Bertz CT molecular complexity index is 1850. The van der Waals surface area contributed by atoms with E-state index in [0.717, 1.165) is 29.9 Å². The molecule has 0 aromatic heterocycles. The molecule has 3 aliphatic rings. The molecule has 0 unspecified atom stereocenters. The summed E-state index contributed by atoms with van der Waals surface area (Å²) in [5, 5.41) is 14.0. The van der Waals surface area contributed by atoms with Gasteiger partial charge in [0.25, 0.3) is 5.91 Å². The van der Waals surface area contributed by atoms with E-state index >= 15 is 9.59 Å². The van der Waals surface area contributed by atoms with Crippen molar-refractivity contribution in [3.8, 4) is 0 Å². The summed E-state index contributed by atoms with van der Waals surface area (Å²) in [4.78, 5) is 62.7. The SMILES string of the molecule is C=CCCC(=O)OC[C@H](NC(=O)[C@@H]1[C@H]2C(=O)N([C@@H](CO)Cc3ccccc3)[C@H](C(=O)N(CC=C)c3ccc(N(CC)CC)cc3)[C@]23CC[C@H]1O3)c1ccccc1. The molecule has 0 aliphatic carbocycles. The Morgan fingerprint density at radius 2 is 1.64 bits per heavy atom. The standard InChI is InChI=1S/C45H54N4O7/c1-5-9-20-38(51)55-30-36(32-18-14-11-15-19-32)46-42(52)39-37-25-26-45(56-37)40(39)43(53)49(35(29-50)28-31-16-12-10-13-17-31)41(45)44(54)48(27-6-2)34-23-21-33(22-24-34)47(7-3)8-4/h5-6,10-19,21-24,35-37,39-41,50H,1-2,7-9,20,25-30H2,3-4H3,(H,46,52)/t35-,36+,37-,39+,40+,41-,45+/m1/s1. The highest BCUT2D eigenvalue weighted by Gasteiger charge is 2.75. The fraction of sp³-hybridized carbons (Fsp3) is 0.422. The summed E-state index contributed by atoms with van der Waals surface area (Å²) >= 11 is 0. The van der Waals surface area contributed by atoms with E-state index in [1.807, 2.05) is 84.9 Å². The van der Waals surface area contributed by atoms with Crippen molar-refractivity contribution >= 4 is 35.1 Å². The number of rotatable bonds is 19. The largest absolute Gasteiger partial charge is 0.463 e. The van der Waals surface area contributed by atoms with E-state index in [9.17, 15) is 14.7 Å². The Balaban J connectivity index is 1.36. The van der Waals surface area contributed by atoms with Gasteiger partial charge in [0.05, 0.1) is 36.6 Å². The maximum atomic E-state index is 15.2. The lowest BCUT2D eigenvalue weighted by molar-refractivity contribution is -0.146. The molecule has 3 aromatic rings. The van der Waals surface area contributed by atoms with Crippen molar-refractivity contribution in [3.63, 3.8) is 0 Å². The fourth-order valence-corrected chi connectivity index (χ4v) is 8.88. The zero-order valence-electron chi connectivity index (χ0n) is 32.4. The van der Waals surface area contributed by atoms with Crippen molar-refractivity contribution in [2.24, 2.45) is 11.8 Å². The molecule has 7 atom stereocenters. The highest BCUT2D eigenvalue weighted by molar-refractivity contribution is 6.05. The molecule has 3 heterocycles. The number of allylic oxidation sites excluding steroid dienone is 1. The summed E-state index contributed by atoms with van der Waals surface area (Å²) in [5.41, 5.74) is 1.97. The lowest BCUT2D eigenvalue weighted by Crippen LogP contribution is -2.59. The van der Waals surface area contributed by atoms with Crippen LogP contribution in [0.3, 0.4) is 0 Å². The van der Waals surface area contributed by atoms with Crippen molar-refractivity contribution in [1.82, 2.24) is 10.2 Å². The molecule has 56 heavy (non-hydrogen) atoms. The summed E-state index contributed by atoms with van der Waals surface area (Å²) in [5.74, 6) is -3.50. The minimum atomic E-state index is -1.31. The fourth-order valence-electron chi connectivity index (χ4n) is 8.88. The van der Waals surface area contributed by atoms with Gasteiger partial charge in [0.1, 0.15) is 18.2 Å². The predicted octanol–water partition coefficient (Wildman–Crippen LogP) is 5.40. The second-order valence-corrected chi connectivity index (χ2v) is 14.7. The highest BCUT2D eigenvalue weighted by atomic mass is 16.5. The number of benzene rings is 3. The van der Waals surface area contributed by atoms with E-state index in [1.54, 1.807) is 17.1 Å². The monoisotopic (exact) mass is 762 g/mol. The molecule has 1 spiro atoms. The van der Waals surface area contributed by atoms with E-state index in [1.165, 1.54) is 4.90 Å². The van der Waals surface area contributed by atoms with Crippen molar-refractivity contribution in [3.05, 3.63) is 121 Å². The normalized spacial score (nSPS) is 23.2. The third kappa shape index (κ3) is 8.01. The van der Waals surface area contributed by atoms with E-state index in [-0.39, 0.29) is 25.5 Å². The molecule has 3 amide bonds. The van der Waals surface area contributed by atoms with Gasteiger partial charge in [-0.2, -0.15) is 0 Å². The number of nitrogens with one attached hydrogen (secondary N) is 1. The maximum Gasteiger partial charge on any atom is 0.306 e. The first-order chi connectivity index (χ1) is 27.2. The van der Waals surface area contributed by atoms with Gasteiger partial charge in [-0.25, -0.2) is 0 Å². The number of aliphatic hydroxyl groups excluding tert-OH is 1. The zero-order chi connectivity index (χ0) is 39.8. The average Bonchev–Trinajstić information content (AvgIpc) is 3.88. The third-order valence-electron chi connectivity index (χ3n) is 11.5. The second-order valence-electron chi connectivity index (χ2n) is 14.7. The van der Waals surface area contributed by atoms with Crippen LogP contribution in [0.2, 0.25) is 0 Å². The molecule has 11 nitrogen and oxygen atoms in total. The van der Waals surface area contributed by atoms with Crippen LogP contribution in [-0.2, 0) is 35.1 Å². The van der Waals surface area contributed by atoms with Crippen LogP contribution in [0.5, 0.6) is 0 Å². The van der Waals surface area contributed by atoms with Gasteiger partial charge in [-0.15, -0.1) is 13.2 Å². The van der Waals surface area contributed by atoms with Crippen LogP contribution in [0.4, 0.5) is 11.4 Å². The lowest BCUT2D eigenvalue weighted by Gasteiger charge is -2.39. The molecular formula is C45H54N4O7. The first-order valence-corrected chi connectivity index (χ1v) is 19.7. The van der Waals surface area contributed by atoms with E-state index in [4.69, 9.17) is 9.47 Å². The van der Waals surface area contributed by atoms with Crippen LogP contribution in [0.1, 0.15) is 56.7 Å². The van der Waals surface area contributed by atoms with Gasteiger partial charge in [0.15, 0.2) is 0 Å². The van der Waals surface area contributed by atoms with Crippen molar-refractivity contribution in [2.75, 3.05) is 42.6 Å². The van der Waals surface area contributed by atoms with Crippen molar-refractivity contribution in [1.29, 1.82) is 0 Å². The van der Waals surface area contributed by atoms with E-state index in [0.29, 0.717) is 31.4 Å². The number of nitrogens with zero attached hydrogens (tertiary/aromatic N) is 3. The minimum Gasteiger partial charge on any atom is -0.463 e. The molecule has 2 bridgehead atoms. The molecule has 2 N–H and O–H groups in total. The molecule has 296 valence electrons. The van der Waals surface area contributed by atoms with Gasteiger partial charge < -0.3 is 34.6 Å². The smallest absolute Gasteiger partial charge is 0.306 e. The first kappa shape index (κ1) is 40.4. The number of aliphatic hydroxyl groups is 1. The molecule has 0 radical (unpaired) electrons. The first-order valence-electron chi connectivity index (χ1n) is 19.7. The molecule has 3 saturated heterocycles. The Labute approximate surface area is 329 Å². The Kier molecular flexibility index (Phi) is 13.1. The summed E-state index contributed by atoms with van der Waals surface area (Å²) in [7, 11) is 0. The lowest BCUT2D eigenvalue weighted by atomic mass is 9.70. The number of carbonyl (C=O) groups excluding carboxylic acids is 4. The molecular weight excluding hydrogens is 709 g/mol. The quantitative estimate of drug-likeness (QED) is 0.123. The van der Waals surface area contributed by atoms with Crippen LogP contribution >= 0.6 is 0 Å². The summed E-state index contributed by atoms with van der Waals surface area (Å²) in [6.07, 6.45) is 4.46. The molecule has 3 aliphatic heterocycles. The highest BCUT2D eigenvalue weighted by Crippen LogP contribution is 2.59. The summed E-state index contributed by atoms with van der Waals surface area (Å²) in [6.45, 7) is 13.1. The molecule has 3 fully saturated rings. The zero-order valence-corrected chi connectivity index (χ0v) is 32.4. The van der Waals surface area contributed by atoms with Gasteiger partial charge in [0.2, 0.25) is 11.8 Å². The van der Waals surface area contributed by atoms with Gasteiger partial charge >= 0.3 is 5.97 Å². The van der Waals surface area contributed by atoms with Gasteiger partial charge in [-0.05, 0) is 74.9 Å². The van der Waals surface area contributed by atoms with Crippen molar-refractivity contribution < 1.29 is 33.8 Å². The van der Waals surface area contributed by atoms with Crippen LogP contribution in [0.15, 0.2) is 110 Å². The third-order valence-corrected chi connectivity index (χ3v) is 11.5. The molecule has 3 aromatic carbocycles. The van der Waals surface area contributed by atoms with Gasteiger partial charge in [-0.3, -0.25) is 19.2 Å². The van der Waals surface area contributed by atoms with Crippen molar-refractivity contribution in [2.45, 2.75) is 75.8 Å². The van der Waals surface area contributed by atoms with Crippen LogP contribution < -0.4 is 15.1 Å². The summed E-state index contributed by atoms with van der Waals surface area (Å²) in [6, 6.07) is 23.9. The number of likely N-dealkylation sites (tertiary alicyclic amines) is 1. The Hall–Kier alpha value is -5.26. The van der Waals surface area contributed by atoms with E-state index in [2.05, 4.69) is 37.2 Å². The second kappa shape index (κ2) is 18.1. The van der Waals surface area contributed by atoms with Gasteiger partial charge in [0, 0.05) is 37.4 Å². The predicted molar refractivity (Wildman–Crippen MR) is 216 cm³/mol. The van der Waals surface area contributed by atoms with Crippen LogP contribution in [0, 0.1) is 11.8 Å². The molecule has 6 rings (SSSR count). The average molecular weight is 763 g/mol. The maximum absolute atomic E-state index is 15.2. The number of ether oxygens (including phenoxy) is 2. The van der Waals surface area contributed by atoms with E-state index < -0.39 is 66.1 Å². The Morgan fingerprint density at radius 1 is 0.982 bits per heavy atom. The topological polar surface area (TPSA) is 129 Å².